The summed E-state index contributed by atoms with van der Waals surface area (Å²) >= 11 is 0. The van der Waals surface area contributed by atoms with E-state index < -0.39 is 12.1 Å². The Balaban J connectivity index is 2.48. The van der Waals surface area contributed by atoms with Crippen molar-refractivity contribution in [1.82, 2.24) is 0 Å². The minimum absolute atomic E-state index is 0.176. The van der Waals surface area contributed by atoms with Crippen molar-refractivity contribution in [2.75, 3.05) is 0 Å². The van der Waals surface area contributed by atoms with E-state index in [4.69, 9.17) is 5.11 Å². The third-order valence-electron chi connectivity index (χ3n) is 4.22. The normalized spacial score (nSPS) is 16.7. The van der Waals surface area contributed by atoms with Crippen LogP contribution in [0.4, 0.5) is 0 Å². The quantitative estimate of drug-likeness (QED) is 0.411. The van der Waals surface area contributed by atoms with E-state index in [0.29, 0.717) is 19.3 Å². The van der Waals surface area contributed by atoms with E-state index >= 15 is 0 Å². The maximum atomic E-state index is 12.0. The lowest BCUT2D eigenvalue weighted by molar-refractivity contribution is -0.137. The molecule has 0 aromatic carbocycles. The molecule has 0 fully saturated rings. The molecule has 0 saturated heterocycles. The van der Waals surface area contributed by atoms with Crippen molar-refractivity contribution < 1.29 is 19.8 Å². The Morgan fingerprint density at radius 2 is 2.00 bits per heavy atom. The Kier molecular flexibility index (Phi) is 10.0. The van der Waals surface area contributed by atoms with Gasteiger partial charge in [-0.25, -0.2) is 0 Å². The van der Waals surface area contributed by atoms with Gasteiger partial charge in [-0.1, -0.05) is 50.5 Å². The number of ketones is 1. The van der Waals surface area contributed by atoms with Gasteiger partial charge in [-0.2, -0.15) is 0 Å². The Labute approximate surface area is 145 Å². The SMILES string of the molecule is CCCCC[C@@H](O)/C=C/C1=C(C/C=C/CCCC(=O)O)C(=O)CC1. The van der Waals surface area contributed by atoms with Gasteiger partial charge in [0.15, 0.2) is 5.78 Å². The van der Waals surface area contributed by atoms with E-state index in [0.717, 1.165) is 49.7 Å². The van der Waals surface area contributed by atoms with Crippen LogP contribution in [0.3, 0.4) is 0 Å². The molecule has 0 radical (unpaired) electrons. The molecule has 1 aliphatic rings. The number of carboxylic acids is 1. The van der Waals surface area contributed by atoms with Crippen LogP contribution in [0.15, 0.2) is 35.5 Å². The molecule has 1 aliphatic carbocycles. The minimum Gasteiger partial charge on any atom is -0.481 e. The first kappa shape index (κ1) is 20.4. The average Bonchev–Trinajstić information content (AvgIpc) is 2.89. The highest BCUT2D eigenvalue weighted by molar-refractivity contribution is 5.99. The number of aliphatic hydroxyl groups is 1. The molecule has 0 unspecified atom stereocenters. The summed E-state index contributed by atoms with van der Waals surface area (Å²) in [5, 5.41) is 18.5. The van der Waals surface area contributed by atoms with Gasteiger partial charge in [-0.3, -0.25) is 9.59 Å². The molecule has 4 nitrogen and oxygen atoms in total. The molecule has 0 aromatic heterocycles. The van der Waals surface area contributed by atoms with Crippen LogP contribution in [0.25, 0.3) is 0 Å². The number of aliphatic hydroxyl groups excluding tert-OH is 1. The van der Waals surface area contributed by atoms with Crippen molar-refractivity contribution in [1.29, 1.82) is 0 Å². The zero-order valence-corrected chi connectivity index (χ0v) is 14.7. The molecule has 134 valence electrons. The summed E-state index contributed by atoms with van der Waals surface area (Å²) in [4.78, 5) is 22.4. The second-order valence-electron chi connectivity index (χ2n) is 6.31. The van der Waals surface area contributed by atoms with Crippen LogP contribution in [0.1, 0.15) is 71.1 Å². The van der Waals surface area contributed by atoms with Crippen molar-refractivity contribution in [3.63, 3.8) is 0 Å². The maximum Gasteiger partial charge on any atom is 0.303 e. The summed E-state index contributed by atoms with van der Waals surface area (Å²) in [6, 6.07) is 0. The fourth-order valence-corrected chi connectivity index (χ4v) is 2.78. The molecule has 4 heteroatoms. The molecule has 1 rings (SSSR count). The summed E-state index contributed by atoms with van der Waals surface area (Å²) in [6.07, 6.45) is 14.6. The van der Waals surface area contributed by atoms with E-state index in [1.54, 1.807) is 6.08 Å². The highest BCUT2D eigenvalue weighted by atomic mass is 16.4. The first-order valence-electron chi connectivity index (χ1n) is 9.02. The van der Waals surface area contributed by atoms with Crippen LogP contribution < -0.4 is 0 Å². The average molecular weight is 334 g/mol. The number of allylic oxidation sites excluding steroid dienone is 5. The molecule has 0 spiro atoms. The van der Waals surface area contributed by atoms with Crippen LogP contribution in [-0.2, 0) is 9.59 Å². The maximum absolute atomic E-state index is 12.0. The second kappa shape index (κ2) is 11.8. The van der Waals surface area contributed by atoms with Gasteiger partial charge in [0.05, 0.1) is 6.10 Å². The van der Waals surface area contributed by atoms with Gasteiger partial charge in [-0.15, -0.1) is 0 Å². The lowest BCUT2D eigenvalue weighted by Crippen LogP contribution is -2.01. The lowest BCUT2D eigenvalue weighted by Gasteiger charge is -2.05. The zero-order chi connectivity index (χ0) is 17.8. The van der Waals surface area contributed by atoms with E-state index in [2.05, 4.69) is 6.92 Å². The van der Waals surface area contributed by atoms with Gasteiger partial charge >= 0.3 is 5.97 Å². The molecule has 1 atom stereocenters. The van der Waals surface area contributed by atoms with Crippen molar-refractivity contribution in [2.45, 2.75) is 77.2 Å². The second-order valence-corrected chi connectivity index (χ2v) is 6.31. The number of unbranched alkanes of at least 4 members (excludes halogenated alkanes) is 3. The fraction of sp³-hybridized carbons (Fsp3) is 0.600. The van der Waals surface area contributed by atoms with E-state index in [9.17, 15) is 14.7 Å². The predicted molar refractivity (Wildman–Crippen MR) is 95.8 cm³/mol. The molecule has 0 aromatic rings. The number of rotatable bonds is 12. The van der Waals surface area contributed by atoms with Gasteiger partial charge < -0.3 is 10.2 Å². The molecule has 0 amide bonds. The fourth-order valence-electron chi connectivity index (χ4n) is 2.78. The Hall–Kier alpha value is -1.68. The van der Waals surface area contributed by atoms with Gasteiger partial charge in [0.25, 0.3) is 0 Å². The highest BCUT2D eigenvalue weighted by Crippen LogP contribution is 2.27. The van der Waals surface area contributed by atoms with Crippen LogP contribution in [-0.4, -0.2) is 28.1 Å². The Bertz CT molecular complexity index is 500. The largest absolute Gasteiger partial charge is 0.481 e. The molecule has 0 saturated carbocycles. The first-order chi connectivity index (χ1) is 11.5. The molecular formula is C20H30O4. The summed E-state index contributed by atoms with van der Waals surface area (Å²) in [5.74, 6) is -0.590. The monoisotopic (exact) mass is 334 g/mol. The topological polar surface area (TPSA) is 74.6 Å². The van der Waals surface area contributed by atoms with E-state index in [-0.39, 0.29) is 12.2 Å². The number of carboxylic acid groups (broad SMARTS) is 1. The molecule has 2 N–H and O–H groups in total. The number of hydrogen-bond acceptors (Lipinski definition) is 3. The standard InChI is InChI=1S/C20H30O4/c1-2-3-6-9-17(21)14-12-16-13-15-19(22)18(16)10-7-4-5-8-11-20(23)24/h4,7,12,14,17,21H,2-3,5-6,8-11,13,15H2,1H3,(H,23,24)/b7-4+,14-12+/t17-/m1/s1. The smallest absolute Gasteiger partial charge is 0.303 e. The zero-order valence-electron chi connectivity index (χ0n) is 14.7. The number of aliphatic carboxylic acids is 1. The van der Waals surface area contributed by atoms with Gasteiger partial charge in [-0.05, 0) is 37.7 Å². The number of carbonyl (C=O) groups is 2. The van der Waals surface area contributed by atoms with Crippen molar-refractivity contribution in [2.24, 2.45) is 0 Å². The van der Waals surface area contributed by atoms with Crippen LogP contribution >= 0.6 is 0 Å². The van der Waals surface area contributed by atoms with Crippen molar-refractivity contribution >= 4 is 11.8 Å². The summed E-state index contributed by atoms with van der Waals surface area (Å²) in [6.45, 7) is 2.14. The van der Waals surface area contributed by atoms with Crippen LogP contribution in [0.2, 0.25) is 0 Å². The van der Waals surface area contributed by atoms with Gasteiger partial charge in [0.2, 0.25) is 0 Å². The first-order valence-corrected chi connectivity index (χ1v) is 9.02. The van der Waals surface area contributed by atoms with E-state index in [1.165, 1.54) is 0 Å². The molecule has 0 bridgehead atoms. The third-order valence-corrected chi connectivity index (χ3v) is 4.22. The van der Waals surface area contributed by atoms with E-state index in [1.807, 2.05) is 18.2 Å². The summed E-state index contributed by atoms with van der Waals surface area (Å²) in [7, 11) is 0. The predicted octanol–water partition coefficient (Wildman–Crippen LogP) is 4.34. The highest BCUT2D eigenvalue weighted by Gasteiger charge is 2.20. The minimum atomic E-state index is -0.776. The van der Waals surface area contributed by atoms with Crippen molar-refractivity contribution in [3.05, 3.63) is 35.5 Å². The van der Waals surface area contributed by atoms with Gasteiger partial charge in [0, 0.05) is 18.4 Å². The summed E-state index contributed by atoms with van der Waals surface area (Å²) < 4.78 is 0. The van der Waals surface area contributed by atoms with Crippen LogP contribution in [0.5, 0.6) is 0 Å². The van der Waals surface area contributed by atoms with Gasteiger partial charge in [0.1, 0.15) is 0 Å². The summed E-state index contributed by atoms with van der Waals surface area (Å²) in [5.41, 5.74) is 1.87. The Morgan fingerprint density at radius 3 is 2.71 bits per heavy atom. The number of hydrogen-bond donors (Lipinski definition) is 2. The lowest BCUT2D eigenvalue weighted by atomic mass is 10.0. The molecule has 0 aliphatic heterocycles. The molecule has 24 heavy (non-hydrogen) atoms. The third kappa shape index (κ3) is 8.25. The number of carbonyl (C=O) groups excluding carboxylic acids is 1. The number of Topliss-reactive ketones (excluding diaryl/α,β-unsaturated/α-hetero) is 1. The van der Waals surface area contributed by atoms with Crippen molar-refractivity contribution in [3.8, 4) is 0 Å². The Morgan fingerprint density at radius 1 is 1.21 bits per heavy atom. The molecular weight excluding hydrogens is 304 g/mol. The molecule has 0 heterocycles. The van der Waals surface area contributed by atoms with Crippen LogP contribution in [0, 0.1) is 0 Å².